The van der Waals surface area contributed by atoms with Crippen molar-refractivity contribution in [2.24, 2.45) is 0 Å². The van der Waals surface area contributed by atoms with Crippen LogP contribution < -0.4 is 15.8 Å². The van der Waals surface area contributed by atoms with E-state index in [4.69, 9.17) is 22.1 Å². The van der Waals surface area contributed by atoms with Gasteiger partial charge in [0, 0.05) is 11.6 Å². The molecule has 0 aliphatic heterocycles. The first-order chi connectivity index (χ1) is 12.4. The SMILES string of the molecule is COc1ccc(S(=O)(=O)n2nc(NCc3ccc(Cl)cc3)nc2N)cc1. The monoisotopic (exact) mass is 393 g/mol. The van der Waals surface area contributed by atoms with E-state index >= 15 is 0 Å². The maximum Gasteiger partial charge on any atom is 0.286 e. The number of hydrogen-bond acceptors (Lipinski definition) is 7. The Morgan fingerprint density at radius 3 is 2.42 bits per heavy atom. The van der Waals surface area contributed by atoms with Crippen LogP contribution in [0.3, 0.4) is 0 Å². The van der Waals surface area contributed by atoms with Gasteiger partial charge in [-0.3, -0.25) is 0 Å². The van der Waals surface area contributed by atoms with E-state index in [0.29, 0.717) is 21.4 Å². The second-order valence-corrected chi connectivity index (χ2v) is 7.50. The van der Waals surface area contributed by atoms with Crippen LogP contribution in [0.5, 0.6) is 5.75 Å². The summed E-state index contributed by atoms with van der Waals surface area (Å²) in [5.74, 6) is 0.412. The number of nitrogens with zero attached hydrogens (tertiary/aromatic N) is 3. The fraction of sp³-hybridized carbons (Fsp3) is 0.125. The fourth-order valence-electron chi connectivity index (χ4n) is 2.19. The summed E-state index contributed by atoms with van der Waals surface area (Å²) in [7, 11) is -2.46. The average molecular weight is 394 g/mol. The lowest BCUT2D eigenvalue weighted by atomic mass is 10.2. The molecule has 0 radical (unpaired) electrons. The Morgan fingerprint density at radius 1 is 1.15 bits per heavy atom. The van der Waals surface area contributed by atoms with Gasteiger partial charge in [0.2, 0.25) is 11.9 Å². The van der Waals surface area contributed by atoms with Crippen molar-refractivity contribution in [3.63, 3.8) is 0 Å². The van der Waals surface area contributed by atoms with Crippen LogP contribution in [0.1, 0.15) is 5.56 Å². The molecule has 3 N–H and O–H groups in total. The first kappa shape index (κ1) is 18.0. The van der Waals surface area contributed by atoms with Crippen molar-refractivity contribution in [2.75, 3.05) is 18.2 Å². The molecular weight excluding hydrogens is 378 g/mol. The fourth-order valence-corrected chi connectivity index (χ4v) is 3.47. The molecule has 1 heterocycles. The van der Waals surface area contributed by atoms with Crippen molar-refractivity contribution >= 4 is 33.5 Å². The lowest BCUT2D eigenvalue weighted by Crippen LogP contribution is -2.17. The summed E-state index contributed by atoms with van der Waals surface area (Å²) in [5.41, 5.74) is 6.67. The van der Waals surface area contributed by atoms with E-state index in [9.17, 15) is 8.42 Å². The Bertz CT molecular complexity index is 1000. The van der Waals surface area contributed by atoms with E-state index in [2.05, 4.69) is 15.4 Å². The van der Waals surface area contributed by atoms with Crippen molar-refractivity contribution in [2.45, 2.75) is 11.4 Å². The van der Waals surface area contributed by atoms with E-state index < -0.39 is 10.0 Å². The summed E-state index contributed by atoms with van der Waals surface area (Å²) in [6.45, 7) is 0.392. The van der Waals surface area contributed by atoms with Crippen LogP contribution in [0.15, 0.2) is 53.4 Å². The van der Waals surface area contributed by atoms with Gasteiger partial charge in [-0.2, -0.15) is 13.4 Å². The van der Waals surface area contributed by atoms with Crippen LogP contribution in [0.4, 0.5) is 11.9 Å². The van der Waals surface area contributed by atoms with Gasteiger partial charge in [-0.1, -0.05) is 23.7 Å². The van der Waals surface area contributed by atoms with Crippen LogP contribution in [0.2, 0.25) is 5.02 Å². The summed E-state index contributed by atoms with van der Waals surface area (Å²) >= 11 is 5.84. The topological polar surface area (TPSA) is 112 Å². The van der Waals surface area contributed by atoms with Gasteiger partial charge in [0.1, 0.15) is 5.75 Å². The van der Waals surface area contributed by atoms with Crippen LogP contribution in [0.25, 0.3) is 0 Å². The van der Waals surface area contributed by atoms with Crippen molar-refractivity contribution in [3.05, 3.63) is 59.1 Å². The number of benzene rings is 2. The number of aromatic nitrogens is 3. The summed E-state index contributed by atoms with van der Waals surface area (Å²) < 4.78 is 31.1. The van der Waals surface area contributed by atoms with E-state index in [1.54, 1.807) is 24.3 Å². The molecule has 8 nitrogen and oxygen atoms in total. The number of hydrogen-bond donors (Lipinski definition) is 2. The van der Waals surface area contributed by atoms with Gasteiger partial charge in [0.25, 0.3) is 10.0 Å². The zero-order valence-corrected chi connectivity index (χ0v) is 15.3. The third-order valence-corrected chi connectivity index (χ3v) is 5.39. The quantitative estimate of drug-likeness (QED) is 0.661. The van der Waals surface area contributed by atoms with Gasteiger partial charge >= 0.3 is 0 Å². The van der Waals surface area contributed by atoms with Gasteiger partial charge in [0.15, 0.2) is 0 Å². The van der Waals surface area contributed by atoms with Crippen molar-refractivity contribution < 1.29 is 13.2 Å². The van der Waals surface area contributed by atoms with Gasteiger partial charge in [-0.05, 0) is 42.0 Å². The standard InChI is InChI=1S/C16H16ClN5O3S/c1-25-13-6-8-14(9-7-13)26(23,24)22-15(18)20-16(21-22)19-10-11-2-4-12(17)5-3-11/h2-9H,10H2,1H3,(H3,18,19,20,21). The molecule has 0 aliphatic rings. The molecule has 0 spiro atoms. The number of halogens is 1. The predicted octanol–water partition coefficient (Wildman–Crippen LogP) is 2.37. The van der Waals surface area contributed by atoms with E-state index in [0.717, 1.165) is 5.56 Å². The van der Waals surface area contributed by atoms with Gasteiger partial charge in [-0.15, -0.1) is 9.19 Å². The smallest absolute Gasteiger partial charge is 0.286 e. The van der Waals surface area contributed by atoms with Crippen LogP contribution in [0, 0.1) is 0 Å². The molecule has 136 valence electrons. The number of nitrogens with two attached hydrogens (primary N) is 1. The second kappa shape index (κ2) is 7.22. The first-order valence-corrected chi connectivity index (χ1v) is 9.32. The Labute approximate surface area is 155 Å². The number of nitrogens with one attached hydrogen (secondary N) is 1. The number of nitrogen functional groups attached to an aromatic ring is 1. The third-order valence-electron chi connectivity index (χ3n) is 3.55. The highest BCUT2D eigenvalue weighted by molar-refractivity contribution is 7.90. The van der Waals surface area contributed by atoms with E-state index in [-0.39, 0.29) is 16.8 Å². The average Bonchev–Trinajstić information content (AvgIpc) is 3.03. The Hall–Kier alpha value is -2.78. The minimum absolute atomic E-state index is 0.0270. The molecule has 10 heteroatoms. The summed E-state index contributed by atoms with van der Waals surface area (Å²) in [5, 5.41) is 7.52. The normalized spacial score (nSPS) is 11.3. The molecule has 3 rings (SSSR count). The van der Waals surface area contributed by atoms with Gasteiger partial charge < -0.3 is 15.8 Å². The van der Waals surface area contributed by atoms with Crippen molar-refractivity contribution in [1.82, 2.24) is 14.2 Å². The summed E-state index contributed by atoms with van der Waals surface area (Å²) in [6, 6.07) is 13.1. The molecule has 0 bridgehead atoms. The number of anilines is 2. The molecule has 1 aromatic heterocycles. The lowest BCUT2D eigenvalue weighted by Gasteiger charge is -2.06. The zero-order valence-electron chi connectivity index (χ0n) is 13.8. The molecule has 3 aromatic rings. The molecule has 2 aromatic carbocycles. The van der Waals surface area contributed by atoms with Crippen molar-refractivity contribution in [1.29, 1.82) is 0 Å². The lowest BCUT2D eigenvalue weighted by molar-refractivity contribution is 0.414. The predicted molar refractivity (Wildman–Crippen MR) is 98.8 cm³/mol. The molecule has 0 saturated heterocycles. The second-order valence-electron chi connectivity index (χ2n) is 5.30. The Morgan fingerprint density at radius 2 is 1.81 bits per heavy atom. The first-order valence-electron chi connectivity index (χ1n) is 7.50. The molecular formula is C16H16ClN5O3S. The Balaban J connectivity index is 1.81. The van der Waals surface area contributed by atoms with E-state index in [1.165, 1.54) is 19.2 Å². The molecule has 0 atom stereocenters. The van der Waals surface area contributed by atoms with Gasteiger partial charge in [-0.25, -0.2) is 0 Å². The highest BCUT2D eigenvalue weighted by atomic mass is 35.5. The summed E-state index contributed by atoms with van der Waals surface area (Å²) in [4.78, 5) is 3.98. The minimum atomic E-state index is -3.96. The Kier molecular flexibility index (Phi) is 5.01. The molecule has 0 amide bonds. The maximum atomic E-state index is 12.7. The molecule has 0 unspecified atom stereocenters. The largest absolute Gasteiger partial charge is 0.497 e. The number of methoxy groups -OCH3 is 1. The molecule has 26 heavy (non-hydrogen) atoms. The third kappa shape index (κ3) is 3.73. The van der Waals surface area contributed by atoms with Gasteiger partial charge in [0.05, 0.1) is 12.0 Å². The zero-order chi connectivity index (χ0) is 18.7. The molecule has 0 fully saturated rings. The van der Waals surface area contributed by atoms with E-state index in [1.807, 2.05) is 12.1 Å². The summed E-state index contributed by atoms with van der Waals surface area (Å²) in [6.07, 6.45) is 0. The number of rotatable bonds is 6. The molecule has 0 saturated carbocycles. The molecule has 0 aliphatic carbocycles. The highest BCUT2D eigenvalue weighted by Crippen LogP contribution is 2.20. The van der Waals surface area contributed by atoms with Crippen molar-refractivity contribution in [3.8, 4) is 5.75 Å². The van der Waals surface area contributed by atoms with Crippen LogP contribution in [-0.2, 0) is 16.6 Å². The minimum Gasteiger partial charge on any atom is -0.497 e. The highest BCUT2D eigenvalue weighted by Gasteiger charge is 2.22. The van der Waals surface area contributed by atoms with Crippen LogP contribution >= 0.6 is 11.6 Å². The maximum absolute atomic E-state index is 12.7. The number of ether oxygens (including phenoxy) is 1. The van der Waals surface area contributed by atoms with Crippen LogP contribution in [-0.4, -0.2) is 29.7 Å².